The molecule has 1 heterocycles. The van der Waals surface area contributed by atoms with Gasteiger partial charge >= 0.3 is 0 Å². The molecule has 27 heavy (non-hydrogen) atoms. The van der Waals surface area contributed by atoms with E-state index < -0.39 is 6.10 Å². The molecular weight excluding hydrogens is 412 g/mol. The summed E-state index contributed by atoms with van der Waals surface area (Å²) in [5.41, 5.74) is 1.69. The number of rotatable bonds is 7. The average molecular weight is 431 g/mol. The second-order valence-electron chi connectivity index (χ2n) is 5.89. The number of amides is 1. The molecule has 1 amide bonds. The van der Waals surface area contributed by atoms with E-state index in [2.05, 4.69) is 31.3 Å². The number of aliphatic hydroxyl groups excluding tert-OH is 1. The fourth-order valence-corrected chi connectivity index (χ4v) is 2.95. The number of carbonyl (C=O) groups is 1. The standard InChI is InChI=1S/C19H19BrN4O3/c1-27-16-7-5-14(6-8-16)17(25)11-24-12-22-18(23-24)19(26)21-10-13-3-2-4-15(20)9-13/h2-9,12,17,25H,10-11H2,1H3,(H,21,26)/t17-/m1/s1. The number of hydrogen-bond donors (Lipinski definition) is 2. The Kier molecular flexibility index (Phi) is 6.20. The van der Waals surface area contributed by atoms with E-state index in [1.165, 1.54) is 11.0 Å². The largest absolute Gasteiger partial charge is 0.497 e. The van der Waals surface area contributed by atoms with Crippen LogP contribution < -0.4 is 10.1 Å². The Bertz CT molecular complexity index is 911. The summed E-state index contributed by atoms with van der Waals surface area (Å²) in [6, 6.07) is 14.8. The van der Waals surface area contributed by atoms with E-state index in [0.717, 1.165) is 21.3 Å². The summed E-state index contributed by atoms with van der Waals surface area (Å²) in [5, 5.41) is 17.2. The van der Waals surface area contributed by atoms with Crippen molar-refractivity contribution in [3.05, 3.63) is 76.3 Å². The third-order valence-electron chi connectivity index (χ3n) is 3.94. The Labute approximate surface area is 165 Å². The Morgan fingerprint density at radius 3 is 2.78 bits per heavy atom. The van der Waals surface area contributed by atoms with E-state index in [0.29, 0.717) is 6.54 Å². The van der Waals surface area contributed by atoms with Crippen LogP contribution >= 0.6 is 15.9 Å². The van der Waals surface area contributed by atoms with Crippen LogP contribution in [-0.4, -0.2) is 32.9 Å². The molecule has 8 heteroatoms. The van der Waals surface area contributed by atoms with Crippen molar-refractivity contribution in [1.82, 2.24) is 20.1 Å². The minimum atomic E-state index is -0.768. The van der Waals surface area contributed by atoms with Crippen LogP contribution in [0.15, 0.2) is 59.3 Å². The molecule has 0 spiro atoms. The summed E-state index contributed by atoms with van der Waals surface area (Å²) in [6.07, 6.45) is 0.663. The predicted molar refractivity (Wildman–Crippen MR) is 103 cm³/mol. The molecule has 0 saturated carbocycles. The van der Waals surface area contributed by atoms with Crippen LogP contribution in [0, 0.1) is 0 Å². The number of carbonyl (C=O) groups excluding carboxylic acids is 1. The maximum atomic E-state index is 12.2. The lowest BCUT2D eigenvalue weighted by molar-refractivity contribution is 0.0938. The lowest BCUT2D eigenvalue weighted by atomic mass is 10.1. The quantitative estimate of drug-likeness (QED) is 0.601. The predicted octanol–water partition coefficient (Wildman–Crippen LogP) is 2.71. The molecule has 0 radical (unpaired) electrons. The summed E-state index contributed by atoms with van der Waals surface area (Å²) >= 11 is 3.40. The highest BCUT2D eigenvalue weighted by Gasteiger charge is 2.14. The molecule has 1 aromatic heterocycles. The molecule has 0 aliphatic carbocycles. The van der Waals surface area contributed by atoms with Gasteiger partial charge in [0.1, 0.15) is 12.1 Å². The van der Waals surface area contributed by atoms with Gasteiger partial charge in [-0.2, -0.15) is 0 Å². The third kappa shape index (κ3) is 5.15. The van der Waals surface area contributed by atoms with Gasteiger partial charge in [-0.25, -0.2) is 9.67 Å². The molecule has 1 atom stereocenters. The normalized spacial score (nSPS) is 11.8. The number of halogens is 1. The van der Waals surface area contributed by atoms with Crippen molar-refractivity contribution >= 4 is 21.8 Å². The number of aromatic nitrogens is 3. The fraction of sp³-hybridized carbons (Fsp3) is 0.211. The summed E-state index contributed by atoms with van der Waals surface area (Å²) in [7, 11) is 1.59. The molecule has 0 aliphatic heterocycles. The molecule has 2 N–H and O–H groups in total. The average Bonchev–Trinajstić information content (AvgIpc) is 3.15. The maximum absolute atomic E-state index is 12.2. The molecule has 0 aliphatic rings. The molecule has 0 bridgehead atoms. The van der Waals surface area contributed by atoms with Gasteiger partial charge in [-0.1, -0.05) is 40.2 Å². The lowest BCUT2D eigenvalue weighted by Gasteiger charge is -2.11. The van der Waals surface area contributed by atoms with Gasteiger partial charge in [0.15, 0.2) is 0 Å². The number of aliphatic hydroxyl groups is 1. The number of ether oxygens (including phenoxy) is 1. The summed E-state index contributed by atoms with van der Waals surface area (Å²) in [6.45, 7) is 0.569. The highest BCUT2D eigenvalue weighted by Crippen LogP contribution is 2.18. The molecule has 3 rings (SSSR count). The van der Waals surface area contributed by atoms with Gasteiger partial charge in [0.05, 0.1) is 19.8 Å². The van der Waals surface area contributed by atoms with Crippen molar-refractivity contribution in [2.75, 3.05) is 7.11 Å². The van der Waals surface area contributed by atoms with Gasteiger partial charge in [-0.15, -0.1) is 5.10 Å². The first-order valence-electron chi connectivity index (χ1n) is 8.29. The van der Waals surface area contributed by atoms with E-state index in [4.69, 9.17) is 4.74 Å². The SMILES string of the molecule is COc1ccc([C@H](O)Cn2cnc(C(=O)NCc3cccc(Br)c3)n2)cc1. The lowest BCUT2D eigenvalue weighted by Crippen LogP contribution is -2.24. The van der Waals surface area contributed by atoms with Crippen molar-refractivity contribution in [2.45, 2.75) is 19.2 Å². The fourth-order valence-electron chi connectivity index (χ4n) is 2.50. The van der Waals surface area contributed by atoms with Crippen LogP contribution in [0.1, 0.15) is 27.8 Å². The van der Waals surface area contributed by atoms with Crippen molar-refractivity contribution < 1.29 is 14.6 Å². The van der Waals surface area contributed by atoms with Gasteiger partial charge in [0.25, 0.3) is 5.91 Å². The Morgan fingerprint density at radius 1 is 1.30 bits per heavy atom. The molecule has 0 unspecified atom stereocenters. The topological polar surface area (TPSA) is 89.3 Å². The van der Waals surface area contributed by atoms with Gasteiger partial charge in [0, 0.05) is 11.0 Å². The van der Waals surface area contributed by atoms with E-state index in [1.54, 1.807) is 31.4 Å². The van der Waals surface area contributed by atoms with Gasteiger partial charge in [-0.3, -0.25) is 4.79 Å². The van der Waals surface area contributed by atoms with Crippen molar-refractivity contribution in [3.8, 4) is 5.75 Å². The molecule has 3 aromatic rings. The van der Waals surface area contributed by atoms with Crippen LogP contribution in [0.5, 0.6) is 5.75 Å². The van der Waals surface area contributed by atoms with Crippen LogP contribution in [0.2, 0.25) is 0 Å². The monoisotopic (exact) mass is 430 g/mol. The number of methoxy groups -OCH3 is 1. The second kappa shape index (κ2) is 8.79. The van der Waals surface area contributed by atoms with Crippen molar-refractivity contribution in [3.63, 3.8) is 0 Å². The van der Waals surface area contributed by atoms with Crippen molar-refractivity contribution in [2.24, 2.45) is 0 Å². The van der Waals surface area contributed by atoms with E-state index in [1.807, 2.05) is 24.3 Å². The van der Waals surface area contributed by atoms with Crippen LogP contribution in [0.3, 0.4) is 0 Å². The maximum Gasteiger partial charge on any atom is 0.291 e. The highest BCUT2D eigenvalue weighted by atomic mass is 79.9. The van der Waals surface area contributed by atoms with E-state index in [-0.39, 0.29) is 18.3 Å². The Morgan fingerprint density at radius 2 is 2.07 bits per heavy atom. The first-order chi connectivity index (χ1) is 13.0. The number of nitrogens with zero attached hydrogens (tertiary/aromatic N) is 3. The van der Waals surface area contributed by atoms with Crippen LogP contribution in [-0.2, 0) is 13.1 Å². The second-order valence-corrected chi connectivity index (χ2v) is 6.81. The first kappa shape index (κ1) is 19.1. The van der Waals surface area contributed by atoms with E-state index >= 15 is 0 Å². The number of nitrogens with one attached hydrogen (secondary N) is 1. The summed E-state index contributed by atoms with van der Waals surface area (Å²) < 4.78 is 7.50. The zero-order chi connectivity index (χ0) is 19.2. The first-order valence-corrected chi connectivity index (χ1v) is 9.08. The zero-order valence-electron chi connectivity index (χ0n) is 14.7. The molecule has 2 aromatic carbocycles. The molecule has 0 saturated heterocycles. The molecule has 7 nitrogen and oxygen atoms in total. The number of benzene rings is 2. The zero-order valence-corrected chi connectivity index (χ0v) is 16.3. The van der Waals surface area contributed by atoms with Crippen LogP contribution in [0.4, 0.5) is 0 Å². The van der Waals surface area contributed by atoms with Crippen LogP contribution in [0.25, 0.3) is 0 Å². The highest BCUT2D eigenvalue weighted by molar-refractivity contribution is 9.10. The molecule has 0 fully saturated rings. The molecule has 140 valence electrons. The number of hydrogen-bond acceptors (Lipinski definition) is 5. The Hall–Kier alpha value is -2.71. The van der Waals surface area contributed by atoms with Crippen molar-refractivity contribution in [1.29, 1.82) is 0 Å². The minimum Gasteiger partial charge on any atom is -0.497 e. The third-order valence-corrected chi connectivity index (χ3v) is 4.44. The summed E-state index contributed by atoms with van der Waals surface area (Å²) in [4.78, 5) is 16.2. The van der Waals surface area contributed by atoms with Gasteiger partial charge < -0.3 is 15.2 Å². The van der Waals surface area contributed by atoms with E-state index in [9.17, 15) is 9.90 Å². The minimum absolute atomic E-state index is 0.0620. The smallest absolute Gasteiger partial charge is 0.291 e. The Balaban J connectivity index is 1.57. The van der Waals surface area contributed by atoms with Gasteiger partial charge in [0.2, 0.25) is 5.82 Å². The van der Waals surface area contributed by atoms with Gasteiger partial charge in [-0.05, 0) is 35.4 Å². The molecular formula is C19H19BrN4O3. The summed E-state index contributed by atoms with van der Waals surface area (Å²) in [5.74, 6) is 0.413.